The Kier molecular flexibility index (Phi) is 6.77. The number of para-hydroxylation sites is 1. The van der Waals surface area contributed by atoms with E-state index in [1.165, 1.54) is 23.1 Å². The molecule has 0 saturated carbocycles. The highest BCUT2D eigenvalue weighted by atomic mass is 32.2. The smallest absolute Gasteiger partial charge is 0.239 e. The zero-order valence-electron chi connectivity index (χ0n) is 17.8. The summed E-state index contributed by atoms with van der Waals surface area (Å²) in [6, 6.07) is 8.15. The van der Waals surface area contributed by atoms with Crippen molar-refractivity contribution in [3.8, 4) is 0 Å². The van der Waals surface area contributed by atoms with Crippen LogP contribution in [0.3, 0.4) is 0 Å². The Morgan fingerprint density at radius 2 is 1.97 bits per heavy atom. The molecular weight excluding hydrogens is 430 g/mol. The van der Waals surface area contributed by atoms with Crippen LogP contribution < -0.4 is 5.32 Å². The van der Waals surface area contributed by atoms with Gasteiger partial charge < -0.3 is 4.57 Å². The number of hydrogen-bond donors (Lipinski definition) is 1. The zero-order chi connectivity index (χ0) is 21.8. The fraction of sp³-hybridized carbons (Fsp3) is 0.429. The van der Waals surface area contributed by atoms with Gasteiger partial charge in [-0.15, -0.1) is 20.4 Å². The number of thioether (sulfide) groups is 1. The van der Waals surface area contributed by atoms with E-state index >= 15 is 0 Å². The van der Waals surface area contributed by atoms with Crippen molar-refractivity contribution in [1.82, 2.24) is 29.9 Å². The molecule has 3 aromatic heterocycles. The highest BCUT2D eigenvalue weighted by Crippen LogP contribution is 2.29. The van der Waals surface area contributed by atoms with E-state index in [9.17, 15) is 4.79 Å². The second kappa shape index (κ2) is 9.69. The Labute approximate surface area is 188 Å². The first-order valence-corrected chi connectivity index (χ1v) is 12.3. The lowest BCUT2D eigenvalue weighted by molar-refractivity contribution is -0.115. The summed E-state index contributed by atoms with van der Waals surface area (Å²) in [5.41, 5.74) is 2.71. The summed E-state index contributed by atoms with van der Waals surface area (Å²) in [5, 5.41) is 22.5. The Hall–Kier alpha value is -2.59. The summed E-state index contributed by atoms with van der Waals surface area (Å²) in [5.74, 6) is -0.121. The lowest BCUT2D eigenvalue weighted by Crippen LogP contribution is -2.24. The molecule has 0 saturated heterocycles. The average Bonchev–Trinajstić information content (AvgIpc) is 3.35. The van der Waals surface area contributed by atoms with Crippen molar-refractivity contribution in [2.24, 2.45) is 0 Å². The summed E-state index contributed by atoms with van der Waals surface area (Å²) in [6.45, 7) is 7.05. The van der Waals surface area contributed by atoms with Crippen LogP contribution in [0.1, 0.15) is 45.0 Å². The average molecular weight is 456 g/mol. The number of carbonyl (C=O) groups is 1. The summed E-state index contributed by atoms with van der Waals surface area (Å²) in [4.78, 5) is 17.6. The van der Waals surface area contributed by atoms with Gasteiger partial charge in [0.15, 0.2) is 5.65 Å². The van der Waals surface area contributed by atoms with Gasteiger partial charge >= 0.3 is 0 Å². The number of benzene rings is 1. The maximum absolute atomic E-state index is 12.8. The Morgan fingerprint density at radius 1 is 1.13 bits per heavy atom. The minimum atomic E-state index is -0.346. The second-order valence-corrected chi connectivity index (χ2v) is 9.42. The van der Waals surface area contributed by atoms with Crippen LogP contribution in [0.15, 0.2) is 29.4 Å². The number of nitrogens with one attached hydrogen (secondary N) is 1. The molecule has 0 aliphatic carbocycles. The van der Waals surface area contributed by atoms with Gasteiger partial charge in [0.25, 0.3) is 0 Å². The molecule has 0 fully saturated rings. The van der Waals surface area contributed by atoms with Gasteiger partial charge in [-0.2, -0.15) is 0 Å². The molecule has 8 nitrogen and oxygen atoms in total. The number of aryl methyl sites for hydroxylation is 2. The predicted octanol–water partition coefficient (Wildman–Crippen LogP) is 4.70. The van der Waals surface area contributed by atoms with Crippen LogP contribution in [0.4, 0.5) is 5.13 Å². The minimum absolute atomic E-state index is 0.121. The van der Waals surface area contributed by atoms with Crippen molar-refractivity contribution in [1.29, 1.82) is 0 Å². The first-order valence-electron chi connectivity index (χ1n) is 10.6. The first kappa shape index (κ1) is 21.6. The molecule has 0 bridgehead atoms. The summed E-state index contributed by atoms with van der Waals surface area (Å²) < 4.78 is 2.18. The van der Waals surface area contributed by atoms with Gasteiger partial charge in [-0.1, -0.05) is 62.1 Å². The number of rotatable bonds is 9. The quantitative estimate of drug-likeness (QED) is 0.365. The number of amides is 1. The number of hydrogen-bond acceptors (Lipinski definition) is 8. The molecule has 0 spiro atoms. The summed E-state index contributed by atoms with van der Waals surface area (Å²) in [6.07, 6.45) is 3.49. The van der Waals surface area contributed by atoms with E-state index in [2.05, 4.69) is 50.2 Å². The molecule has 1 amide bonds. The molecule has 1 unspecified atom stereocenters. The molecule has 1 aromatic carbocycles. The molecule has 4 aromatic rings. The molecule has 10 heteroatoms. The van der Waals surface area contributed by atoms with Gasteiger partial charge in [-0.25, -0.2) is 4.98 Å². The van der Waals surface area contributed by atoms with Crippen LogP contribution in [0.25, 0.3) is 22.1 Å². The van der Waals surface area contributed by atoms with Crippen molar-refractivity contribution < 1.29 is 4.79 Å². The molecule has 31 heavy (non-hydrogen) atoms. The maximum atomic E-state index is 12.8. The molecule has 0 aliphatic rings. The number of nitrogens with zero attached hydrogens (tertiary/aromatic N) is 6. The molecule has 1 N–H and O–H groups in total. The molecule has 162 valence electrons. The van der Waals surface area contributed by atoms with Crippen molar-refractivity contribution in [2.45, 2.75) is 63.4 Å². The van der Waals surface area contributed by atoms with Gasteiger partial charge in [0.2, 0.25) is 16.2 Å². The third-order valence-corrected chi connectivity index (χ3v) is 6.99. The summed E-state index contributed by atoms with van der Waals surface area (Å²) >= 11 is 2.75. The molecular formula is C21H25N7OS2. The van der Waals surface area contributed by atoms with Crippen LogP contribution in [0.5, 0.6) is 0 Å². The van der Waals surface area contributed by atoms with Crippen molar-refractivity contribution in [3.05, 3.63) is 29.3 Å². The van der Waals surface area contributed by atoms with Crippen LogP contribution in [-0.2, 0) is 17.8 Å². The van der Waals surface area contributed by atoms with Gasteiger partial charge in [0, 0.05) is 18.4 Å². The fourth-order valence-corrected chi connectivity index (χ4v) is 5.10. The Bertz CT molecular complexity index is 1200. The second-order valence-electron chi connectivity index (χ2n) is 7.19. The van der Waals surface area contributed by atoms with E-state index in [1.54, 1.807) is 0 Å². The summed E-state index contributed by atoms with van der Waals surface area (Å²) in [7, 11) is 0. The van der Waals surface area contributed by atoms with E-state index < -0.39 is 0 Å². The van der Waals surface area contributed by atoms with Crippen LogP contribution in [0.2, 0.25) is 0 Å². The van der Waals surface area contributed by atoms with Gasteiger partial charge in [0.1, 0.15) is 10.5 Å². The van der Waals surface area contributed by atoms with Crippen molar-refractivity contribution in [2.75, 3.05) is 5.32 Å². The number of anilines is 1. The van der Waals surface area contributed by atoms with Crippen molar-refractivity contribution in [3.63, 3.8) is 0 Å². The van der Waals surface area contributed by atoms with Crippen LogP contribution >= 0.6 is 23.1 Å². The van der Waals surface area contributed by atoms with Gasteiger partial charge in [-0.05, 0) is 25.3 Å². The highest BCUT2D eigenvalue weighted by molar-refractivity contribution is 8.00. The number of aromatic nitrogens is 6. The van der Waals surface area contributed by atoms with Crippen LogP contribution in [0, 0.1) is 0 Å². The minimum Gasteiger partial charge on any atom is -0.324 e. The van der Waals surface area contributed by atoms with E-state index in [-0.39, 0.29) is 11.2 Å². The third-order valence-electron chi connectivity index (χ3n) is 4.87. The Morgan fingerprint density at radius 3 is 2.74 bits per heavy atom. The van der Waals surface area contributed by atoms with E-state index in [0.717, 1.165) is 52.9 Å². The Balaban J connectivity index is 1.57. The van der Waals surface area contributed by atoms with E-state index in [0.29, 0.717) is 16.7 Å². The predicted molar refractivity (Wildman–Crippen MR) is 126 cm³/mol. The lowest BCUT2D eigenvalue weighted by Gasteiger charge is -2.12. The fourth-order valence-electron chi connectivity index (χ4n) is 3.44. The third kappa shape index (κ3) is 4.54. The number of fused-ring (bicyclic) bond motifs is 3. The lowest BCUT2D eigenvalue weighted by atomic mass is 10.2. The maximum Gasteiger partial charge on any atom is 0.239 e. The topological polar surface area (TPSA) is 98.5 Å². The normalized spacial score (nSPS) is 12.5. The van der Waals surface area contributed by atoms with E-state index in [1.807, 2.05) is 25.1 Å². The molecule has 3 heterocycles. The van der Waals surface area contributed by atoms with Crippen LogP contribution in [-0.4, -0.2) is 41.1 Å². The van der Waals surface area contributed by atoms with Crippen molar-refractivity contribution >= 4 is 56.2 Å². The molecule has 0 aliphatic heterocycles. The highest BCUT2D eigenvalue weighted by Gasteiger charge is 2.22. The number of carbonyl (C=O) groups excluding carboxylic acids is 1. The standard InChI is InChI=1S/C21H25N7OS2/c1-4-9-16-24-26-21(31-16)23-19(29)15(6-3)30-20-22-18-17(25-27-20)13-10-7-8-11-14(13)28(18)12-5-2/h7-8,10-11,15H,4-6,9,12H2,1-3H3,(H,23,26,29). The zero-order valence-corrected chi connectivity index (χ0v) is 19.5. The first-order chi connectivity index (χ1) is 15.1. The van der Waals surface area contributed by atoms with Gasteiger partial charge in [0.05, 0.1) is 10.8 Å². The molecule has 4 rings (SSSR count). The molecule has 0 radical (unpaired) electrons. The largest absolute Gasteiger partial charge is 0.324 e. The molecule has 1 atom stereocenters. The van der Waals surface area contributed by atoms with Gasteiger partial charge in [-0.3, -0.25) is 10.1 Å². The van der Waals surface area contributed by atoms with E-state index in [4.69, 9.17) is 4.98 Å². The SMILES string of the molecule is CCCc1nnc(NC(=O)C(CC)Sc2nnc3c4ccccc4n(CCC)c3n2)s1. The monoisotopic (exact) mass is 455 g/mol.